The van der Waals surface area contributed by atoms with Crippen molar-refractivity contribution in [3.63, 3.8) is 0 Å². The van der Waals surface area contributed by atoms with Crippen LogP contribution in [0.4, 0.5) is 5.69 Å². The maximum absolute atomic E-state index is 6.20. The summed E-state index contributed by atoms with van der Waals surface area (Å²) >= 11 is 0. The molecule has 0 atom stereocenters. The number of furan rings is 1. The fourth-order valence-corrected chi connectivity index (χ4v) is 3.26. The van der Waals surface area contributed by atoms with Crippen molar-refractivity contribution in [2.75, 3.05) is 38.3 Å². The van der Waals surface area contributed by atoms with Crippen LogP contribution in [-0.4, -0.2) is 33.4 Å². The number of hydrogen-bond donors (Lipinski definition) is 0. The van der Waals surface area contributed by atoms with Crippen LogP contribution in [0.15, 0.2) is 52.9 Å². The van der Waals surface area contributed by atoms with E-state index in [4.69, 9.17) is 13.9 Å². The summed E-state index contributed by atoms with van der Waals surface area (Å²) in [5.74, 6) is 1.89. The molecule has 3 aromatic rings. The molecule has 2 aromatic carbocycles. The van der Waals surface area contributed by atoms with Crippen LogP contribution in [0.2, 0.25) is 0 Å². The van der Waals surface area contributed by atoms with E-state index in [2.05, 4.69) is 29.2 Å². The topological polar surface area (TPSA) is 34.8 Å². The number of methoxy groups -OCH3 is 1. The first kappa shape index (κ1) is 15.1. The van der Waals surface area contributed by atoms with E-state index < -0.39 is 0 Å². The van der Waals surface area contributed by atoms with Gasteiger partial charge in [0.25, 0.3) is 0 Å². The predicted octanol–water partition coefficient (Wildman–Crippen LogP) is 3.87. The molecular formula is C20H21NO3. The first-order valence-corrected chi connectivity index (χ1v) is 8.31. The largest absolute Gasteiger partial charge is 0.497 e. The van der Waals surface area contributed by atoms with E-state index in [1.807, 2.05) is 24.3 Å². The number of anilines is 1. The van der Waals surface area contributed by atoms with Crippen LogP contribution < -0.4 is 9.64 Å². The molecule has 0 unspecified atom stereocenters. The van der Waals surface area contributed by atoms with Crippen LogP contribution in [0.3, 0.4) is 0 Å². The van der Waals surface area contributed by atoms with Gasteiger partial charge in [0.2, 0.25) is 0 Å². The number of morpholine rings is 1. The molecule has 1 aromatic heterocycles. The normalized spacial score (nSPS) is 15.0. The van der Waals surface area contributed by atoms with Crippen molar-refractivity contribution in [2.24, 2.45) is 0 Å². The van der Waals surface area contributed by atoms with Gasteiger partial charge in [-0.15, -0.1) is 0 Å². The summed E-state index contributed by atoms with van der Waals surface area (Å²) in [5.41, 5.74) is 3.37. The van der Waals surface area contributed by atoms with Gasteiger partial charge in [-0.25, -0.2) is 0 Å². The first-order valence-electron chi connectivity index (χ1n) is 8.31. The number of rotatable bonds is 4. The molecule has 0 bridgehead atoms. The Labute approximate surface area is 141 Å². The number of ether oxygens (including phenoxy) is 2. The highest BCUT2D eigenvalue weighted by Crippen LogP contribution is 2.35. The molecule has 0 N–H and O–H groups in total. The van der Waals surface area contributed by atoms with Crippen molar-refractivity contribution in [2.45, 2.75) is 6.42 Å². The summed E-state index contributed by atoms with van der Waals surface area (Å²) in [4.78, 5) is 2.38. The van der Waals surface area contributed by atoms with Crippen LogP contribution in [0.25, 0.3) is 11.0 Å². The quantitative estimate of drug-likeness (QED) is 0.730. The zero-order chi connectivity index (χ0) is 16.4. The lowest BCUT2D eigenvalue weighted by atomic mass is 10.1. The van der Waals surface area contributed by atoms with E-state index in [9.17, 15) is 0 Å². The zero-order valence-corrected chi connectivity index (χ0v) is 13.8. The van der Waals surface area contributed by atoms with Gasteiger partial charge < -0.3 is 18.8 Å². The second-order valence-electron chi connectivity index (χ2n) is 5.99. The third-order valence-corrected chi connectivity index (χ3v) is 4.49. The summed E-state index contributed by atoms with van der Waals surface area (Å²) in [6.45, 7) is 3.33. The van der Waals surface area contributed by atoms with Crippen molar-refractivity contribution >= 4 is 16.7 Å². The Morgan fingerprint density at radius 1 is 1.00 bits per heavy atom. The lowest BCUT2D eigenvalue weighted by Gasteiger charge is -2.29. The van der Waals surface area contributed by atoms with Crippen molar-refractivity contribution in [1.82, 2.24) is 0 Å². The predicted molar refractivity (Wildman–Crippen MR) is 95.0 cm³/mol. The summed E-state index contributed by atoms with van der Waals surface area (Å²) < 4.78 is 16.9. The van der Waals surface area contributed by atoms with Gasteiger partial charge in [0.1, 0.15) is 17.1 Å². The minimum absolute atomic E-state index is 0.765. The van der Waals surface area contributed by atoms with E-state index >= 15 is 0 Å². The molecule has 1 aliphatic rings. The number of benzene rings is 2. The minimum atomic E-state index is 0.765. The molecule has 1 saturated heterocycles. The fraction of sp³-hybridized carbons (Fsp3) is 0.300. The average Bonchev–Trinajstić information content (AvgIpc) is 3.01. The number of fused-ring (bicyclic) bond motifs is 1. The molecule has 0 spiro atoms. The van der Waals surface area contributed by atoms with Crippen molar-refractivity contribution < 1.29 is 13.9 Å². The van der Waals surface area contributed by atoms with E-state index in [0.717, 1.165) is 49.8 Å². The van der Waals surface area contributed by atoms with Crippen LogP contribution in [0.5, 0.6) is 5.75 Å². The molecule has 24 heavy (non-hydrogen) atoms. The second-order valence-corrected chi connectivity index (χ2v) is 5.99. The summed E-state index contributed by atoms with van der Waals surface area (Å²) in [6, 6.07) is 16.4. The molecule has 0 aliphatic carbocycles. The molecule has 2 heterocycles. The Morgan fingerprint density at radius 2 is 1.75 bits per heavy atom. The molecule has 0 radical (unpaired) electrons. The summed E-state index contributed by atoms with van der Waals surface area (Å²) in [7, 11) is 1.69. The maximum Gasteiger partial charge on any atom is 0.136 e. The van der Waals surface area contributed by atoms with Crippen molar-refractivity contribution in [3.8, 4) is 5.75 Å². The second kappa shape index (κ2) is 6.57. The van der Waals surface area contributed by atoms with Crippen LogP contribution >= 0.6 is 0 Å². The van der Waals surface area contributed by atoms with E-state index in [1.54, 1.807) is 7.11 Å². The SMILES string of the molecule is COc1ccc(Cc2oc3ccccc3c2N2CCOCC2)cc1. The molecule has 0 saturated carbocycles. The molecule has 4 nitrogen and oxygen atoms in total. The van der Waals surface area contributed by atoms with Crippen LogP contribution in [0.1, 0.15) is 11.3 Å². The molecule has 0 amide bonds. The van der Waals surface area contributed by atoms with Gasteiger partial charge in [-0.3, -0.25) is 0 Å². The highest BCUT2D eigenvalue weighted by molar-refractivity contribution is 5.93. The highest BCUT2D eigenvalue weighted by atomic mass is 16.5. The van der Waals surface area contributed by atoms with Gasteiger partial charge in [-0.1, -0.05) is 24.3 Å². The van der Waals surface area contributed by atoms with E-state index in [0.29, 0.717) is 0 Å². The third-order valence-electron chi connectivity index (χ3n) is 4.49. The molecular weight excluding hydrogens is 302 g/mol. The Morgan fingerprint density at radius 3 is 2.50 bits per heavy atom. The average molecular weight is 323 g/mol. The number of para-hydroxylation sites is 1. The maximum atomic E-state index is 6.20. The smallest absolute Gasteiger partial charge is 0.136 e. The first-order chi connectivity index (χ1) is 11.8. The van der Waals surface area contributed by atoms with Crippen molar-refractivity contribution in [1.29, 1.82) is 0 Å². The fourth-order valence-electron chi connectivity index (χ4n) is 3.26. The monoisotopic (exact) mass is 323 g/mol. The van der Waals surface area contributed by atoms with Gasteiger partial charge in [-0.2, -0.15) is 0 Å². The highest BCUT2D eigenvalue weighted by Gasteiger charge is 2.21. The van der Waals surface area contributed by atoms with Gasteiger partial charge >= 0.3 is 0 Å². The van der Waals surface area contributed by atoms with Crippen LogP contribution in [-0.2, 0) is 11.2 Å². The standard InChI is InChI=1S/C20H21NO3/c1-22-16-8-6-15(7-9-16)14-19-20(21-10-12-23-13-11-21)17-4-2-3-5-18(17)24-19/h2-9H,10-14H2,1H3. The molecule has 4 heteroatoms. The number of hydrogen-bond acceptors (Lipinski definition) is 4. The Kier molecular flexibility index (Phi) is 4.13. The minimum Gasteiger partial charge on any atom is -0.497 e. The van der Waals surface area contributed by atoms with E-state index in [1.165, 1.54) is 16.6 Å². The Balaban J connectivity index is 1.72. The Bertz CT molecular complexity index is 817. The number of nitrogens with zero attached hydrogens (tertiary/aromatic N) is 1. The van der Waals surface area contributed by atoms with Crippen LogP contribution in [0, 0.1) is 0 Å². The molecule has 124 valence electrons. The lowest BCUT2D eigenvalue weighted by Crippen LogP contribution is -2.36. The van der Waals surface area contributed by atoms with Gasteiger partial charge in [-0.05, 0) is 29.8 Å². The summed E-state index contributed by atoms with van der Waals surface area (Å²) in [6.07, 6.45) is 0.769. The summed E-state index contributed by atoms with van der Waals surface area (Å²) in [5, 5.41) is 1.18. The lowest BCUT2D eigenvalue weighted by molar-refractivity contribution is 0.122. The molecule has 1 aliphatic heterocycles. The van der Waals surface area contributed by atoms with Gasteiger partial charge in [0.15, 0.2) is 0 Å². The Hall–Kier alpha value is -2.46. The molecule has 1 fully saturated rings. The van der Waals surface area contributed by atoms with Gasteiger partial charge in [0, 0.05) is 24.9 Å². The van der Waals surface area contributed by atoms with Gasteiger partial charge in [0.05, 0.1) is 26.0 Å². The third kappa shape index (κ3) is 2.85. The zero-order valence-electron chi connectivity index (χ0n) is 13.8. The molecule has 4 rings (SSSR count). The van der Waals surface area contributed by atoms with Crippen molar-refractivity contribution in [3.05, 3.63) is 59.9 Å². The van der Waals surface area contributed by atoms with E-state index in [-0.39, 0.29) is 0 Å².